The molecule has 0 atom stereocenters. The van der Waals surface area contributed by atoms with Gasteiger partial charge in [0.15, 0.2) is 0 Å². The highest BCUT2D eigenvalue weighted by Crippen LogP contribution is 2.12. The number of hydrogen-bond acceptors (Lipinski definition) is 3. The molecule has 0 spiro atoms. The van der Waals surface area contributed by atoms with E-state index in [4.69, 9.17) is 17.3 Å². The fourth-order valence-electron chi connectivity index (χ4n) is 1.32. The molecule has 1 heterocycles. The minimum atomic E-state index is 0.494. The van der Waals surface area contributed by atoms with E-state index in [1.807, 2.05) is 24.3 Å². The number of halogens is 1. The normalized spacial score (nSPS) is 10.2. The van der Waals surface area contributed by atoms with Crippen LogP contribution in [0.2, 0.25) is 5.02 Å². The molecule has 0 saturated heterocycles. The Labute approximate surface area is 92.9 Å². The van der Waals surface area contributed by atoms with Gasteiger partial charge in [-0.15, -0.1) is 0 Å². The maximum Gasteiger partial charge on any atom is 0.127 e. The number of rotatable bonds is 2. The molecule has 0 bridgehead atoms. The minimum Gasteiger partial charge on any atom is -0.384 e. The van der Waals surface area contributed by atoms with E-state index in [1.54, 1.807) is 6.07 Å². The predicted molar refractivity (Wildman–Crippen MR) is 60.7 cm³/mol. The van der Waals surface area contributed by atoms with Crippen molar-refractivity contribution in [3.63, 3.8) is 0 Å². The number of benzene rings is 1. The molecule has 3 nitrogen and oxygen atoms in total. The summed E-state index contributed by atoms with van der Waals surface area (Å²) in [7, 11) is 0. The maximum absolute atomic E-state index is 5.79. The second-order valence-electron chi connectivity index (χ2n) is 3.24. The van der Waals surface area contributed by atoms with Crippen LogP contribution in [0, 0.1) is 0 Å². The summed E-state index contributed by atoms with van der Waals surface area (Å²) in [5.74, 6) is 0.494. The average Bonchev–Trinajstić information content (AvgIpc) is 2.22. The minimum absolute atomic E-state index is 0.494. The molecule has 2 N–H and O–H groups in total. The first-order chi connectivity index (χ1) is 7.24. The maximum atomic E-state index is 5.79. The highest BCUT2D eigenvalue weighted by Gasteiger charge is 1.98. The Kier molecular flexibility index (Phi) is 2.83. The molecular formula is C11H10ClN3. The van der Waals surface area contributed by atoms with Crippen LogP contribution < -0.4 is 5.73 Å². The van der Waals surface area contributed by atoms with Crippen LogP contribution in [0.4, 0.5) is 5.82 Å². The predicted octanol–water partition coefficient (Wildman–Crippen LogP) is 2.30. The van der Waals surface area contributed by atoms with Gasteiger partial charge < -0.3 is 5.73 Å². The van der Waals surface area contributed by atoms with Gasteiger partial charge in [-0.25, -0.2) is 9.97 Å². The second kappa shape index (κ2) is 4.28. The molecule has 76 valence electrons. The van der Waals surface area contributed by atoms with Gasteiger partial charge in [-0.05, 0) is 17.7 Å². The quantitative estimate of drug-likeness (QED) is 0.843. The summed E-state index contributed by atoms with van der Waals surface area (Å²) in [5, 5.41) is 0.737. The van der Waals surface area contributed by atoms with E-state index in [0.717, 1.165) is 22.7 Å². The smallest absolute Gasteiger partial charge is 0.127 e. The van der Waals surface area contributed by atoms with Gasteiger partial charge in [-0.2, -0.15) is 0 Å². The van der Waals surface area contributed by atoms with Crippen LogP contribution in [-0.4, -0.2) is 9.97 Å². The van der Waals surface area contributed by atoms with E-state index in [9.17, 15) is 0 Å². The van der Waals surface area contributed by atoms with Gasteiger partial charge in [0.25, 0.3) is 0 Å². The van der Waals surface area contributed by atoms with E-state index in [1.165, 1.54) is 6.33 Å². The third-order valence-electron chi connectivity index (χ3n) is 2.04. The zero-order valence-electron chi connectivity index (χ0n) is 8.02. The van der Waals surface area contributed by atoms with E-state index in [-0.39, 0.29) is 0 Å². The SMILES string of the molecule is Nc1cc(Cc2ccc(Cl)cc2)ncn1. The molecule has 0 aliphatic rings. The van der Waals surface area contributed by atoms with Crippen LogP contribution in [0.5, 0.6) is 0 Å². The van der Waals surface area contributed by atoms with Crippen molar-refractivity contribution in [2.24, 2.45) is 0 Å². The first-order valence-corrected chi connectivity index (χ1v) is 4.93. The Morgan fingerprint density at radius 3 is 2.53 bits per heavy atom. The average molecular weight is 220 g/mol. The summed E-state index contributed by atoms with van der Waals surface area (Å²) >= 11 is 5.79. The lowest BCUT2D eigenvalue weighted by Crippen LogP contribution is -1.96. The van der Waals surface area contributed by atoms with Crippen molar-refractivity contribution < 1.29 is 0 Å². The van der Waals surface area contributed by atoms with Crippen molar-refractivity contribution in [2.75, 3.05) is 5.73 Å². The number of anilines is 1. The van der Waals surface area contributed by atoms with Gasteiger partial charge in [-0.1, -0.05) is 23.7 Å². The van der Waals surface area contributed by atoms with Crippen molar-refractivity contribution in [1.82, 2.24) is 9.97 Å². The Morgan fingerprint density at radius 2 is 1.87 bits per heavy atom. The summed E-state index contributed by atoms with van der Waals surface area (Å²) < 4.78 is 0. The van der Waals surface area contributed by atoms with E-state index >= 15 is 0 Å². The second-order valence-corrected chi connectivity index (χ2v) is 3.67. The molecule has 2 rings (SSSR count). The molecule has 0 aliphatic heterocycles. The number of nitrogen functional groups attached to an aromatic ring is 1. The third-order valence-corrected chi connectivity index (χ3v) is 2.30. The zero-order chi connectivity index (χ0) is 10.7. The van der Waals surface area contributed by atoms with Crippen LogP contribution in [0.3, 0.4) is 0 Å². The van der Waals surface area contributed by atoms with Crippen molar-refractivity contribution in [3.05, 3.63) is 52.9 Å². The zero-order valence-corrected chi connectivity index (χ0v) is 8.78. The largest absolute Gasteiger partial charge is 0.384 e. The molecule has 0 unspecified atom stereocenters. The van der Waals surface area contributed by atoms with Gasteiger partial charge in [0.1, 0.15) is 12.1 Å². The third kappa shape index (κ3) is 2.67. The van der Waals surface area contributed by atoms with Crippen LogP contribution in [0.25, 0.3) is 0 Å². The van der Waals surface area contributed by atoms with Crippen molar-refractivity contribution in [3.8, 4) is 0 Å². The molecule has 1 aromatic carbocycles. The van der Waals surface area contributed by atoms with E-state index in [2.05, 4.69) is 9.97 Å². The Hall–Kier alpha value is -1.61. The van der Waals surface area contributed by atoms with Crippen LogP contribution >= 0.6 is 11.6 Å². The Balaban J connectivity index is 2.18. The topological polar surface area (TPSA) is 51.8 Å². The molecule has 4 heteroatoms. The summed E-state index contributed by atoms with van der Waals surface area (Å²) in [6, 6.07) is 9.44. The van der Waals surface area contributed by atoms with Crippen molar-refractivity contribution in [1.29, 1.82) is 0 Å². The number of aromatic nitrogens is 2. The fraction of sp³-hybridized carbons (Fsp3) is 0.0909. The number of nitrogens with two attached hydrogens (primary N) is 1. The summed E-state index contributed by atoms with van der Waals surface area (Å²) in [6.45, 7) is 0. The van der Waals surface area contributed by atoms with Gasteiger partial charge in [-0.3, -0.25) is 0 Å². The highest BCUT2D eigenvalue weighted by molar-refractivity contribution is 6.30. The summed E-state index contributed by atoms with van der Waals surface area (Å²) in [6.07, 6.45) is 2.21. The molecular weight excluding hydrogens is 210 g/mol. The standard InChI is InChI=1S/C11H10ClN3/c12-9-3-1-8(2-4-9)5-10-6-11(13)15-7-14-10/h1-4,6-7H,5H2,(H2,13,14,15). The van der Waals surface area contributed by atoms with Crippen LogP contribution in [-0.2, 0) is 6.42 Å². The van der Waals surface area contributed by atoms with Crippen LogP contribution in [0.1, 0.15) is 11.3 Å². The molecule has 0 aliphatic carbocycles. The van der Waals surface area contributed by atoms with Crippen molar-refractivity contribution >= 4 is 17.4 Å². The fourth-order valence-corrected chi connectivity index (χ4v) is 1.45. The molecule has 15 heavy (non-hydrogen) atoms. The number of hydrogen-bond donors (Lipinski definition) is 1. The van der Waals surface area contributed by atoms with Gasteiger partial charge >= 0.3 is 0 Å². The first kappa shape index (κ1) is 9.93. The van der Waals surface area contributed by atoms with Crippen LogP contribution in [0.15, 0.2) is 36.7 Å². The van der Waals surface area contributed by atoms with Gasteiger partial charge in [0.2, 0.25) is 0 Å². The van der Waals surface area contributed by atoms with E-state index < -0.39 is 0 Å². The molecule has 0 saturated carbocycles. The molecule has 0 fully saturated rings. The molecule has 0 amide bonds. The monoisotopic (exact) mass is 219 g/mol. The molecule has 1 aromatic heterocycles. The summed E-state index contributed by atoms with van der Waals surface area (Å²) in [4.78, 5) is 7.97. The lowest BCUT2D eigenvalue weighted by Gasteiger charge is -2.01. The Bertz CT molecular complexity index is 454. The Morgan fingerprint density at radius 1 is 1.13 bits per heavy atom. The molecule has 0 radical (unpaired) electrons. The highest BCUT2D eigenvalue weighted by atomic mass is 35.5. The first-order valence-electron chi connectivity index (χ1n) is 4.55. The van der Waals surface area contributed by atoms with Crippen molar-refractivity contribution in [2.45, 2.75) is 6.42 Å². The molecule has 2 aromatic rings. The van der Waals surface area contributed by atoms with Gasteiger partial charge in [0.05, 0.1) is 5.69 Å². The number of nitrogens with zero attached hydrogens (tertiary/aromatic N) is 2. The summed E-state index contributed by atoms with van der Waals surface area (Å²) in [5.41, 5.74) is 7.62. The lowest BCUT2D eigenvalue weighted by atomic mass is 10.1. The van der Waals surface area contributed by atoms with E-state index in [0.29, 0.717) is 5.82 Å². The van der Waals surface area contributed by atoms with Gasteiger partial charge in [0, 0.05) is 17.5 Å². The lowest BCUT2D eigenvalue weighted by molar-refractivity contribution is 1.03.